The lowest BCUT2D eigenvalue weighted by Crippen LogP contribution is -2.10. The molecule has 0 atom stereocenters. The molecular formula is C50H32N2S. The van der Waals surface area contributed by atoms with Gasteiger partial charge in [0.05, 0.1) is 16.7 Å². The Bertz CT molecular complexity index is 3160. The second-order valence-electron chi connectivity index (χ2n) is 13.8. The van der Waals surface area contributed by atoms with Gasteiger partial charge in [-0.3, -0.25) is 0 Å². The highest BCUT2D eigenvalue weighted by Crippen LogP contribution is 2.47. The van der Waals surface area contributed by atoms with Gasteiger partial charge in [0.15, 0.2) is 0 Å². The van der Waals surface area contributed by atoms with Crippen molar-refractivity contribution >= 4 is 91.9 Å². The fraction of sp³-hybridized carbons (Fsp3) is 0. The molecule has 0 aliphatic carbocycles. The van der Waals surface area contributed by atoms with Crippen molar-refractivity contribution in [2.75, 3.05) is 4.90 Å². The average molecular weight is 693 g/mol. The molecule has 0 aliphatic heterocycles. The standard InChI is InChI=1S/C50H32N2S/c1-3-12-33(13-4-1)34-22-24-40(25-23-34)51(46-20-11-21-48-50(46)44-29-36-15-8-10-17-38(36)31-49(44)53-48)41-26-27-45-43(32-41)42-28-35-14-7-9-16-37(35)30-47(42)52(45)39-18-5-2-6-19-39/h1-32H. The van der Waals surface area contributed by atoms with E-state index in [0.717, 1.165) is 17.1 Å². The highest BCUT2D eigenvalue weighted by Gasteiger charge is 2.21. The van der Waals surface area contributed by atoms with E-state index in [2.05, 4.69) is 204 Å². The lowest BCUT2D eigenvalue weighted by atomic mass is 10.0. The van der Waals surface area contributed by atoms with Gasteiger partial charge in [-0.1, -0.05) is 115 Å². The molecule has 0 unspecified atom stereocenters. The van der Waals surface area contributed by atoms with Crippen molar-refractivity contribution in [3.05, 3.63) is 194 Å². The molecule has 0 amide bonds. The van der Waals surface area contributed by atoms with Crippen LogP contribution in [0.25, 0.3) is 80.3 Å². The van der Waals surface area contributed by atoms with E-state index in [1.807, 2.05) is 11.3 Å². The molecule has 0 fully saturated rings. The van der Waals surface area contributed by atoms with Crippen molar-refractivity contribution in [2.45, 2.75) is 0 Å². The SMILES string of the molecule is c1ccc(-c2ccc(N(c3ccc4c(c3)c3cc5ccccc5cc3n4-c3ccccc3)c3cccc4sc5cc6ccccc6cc5c34)cc2)cc1. The Labute approximate surface area is 311 Å². The quantitative estimate of drug-likeness (QED) is 0.174. The topological polar surface area (TPSA) is 8.17 Å². The smallest absolute Gasteiger partial charge is 0.0554 e. The zero-order chi connectivity index (χ0) is 34.9. The molecule has 3 heteroatoms. The fourth-order valence-electron chi connectivity index (χ4n) is 8.23. The maximum Gasteiger partial charge on any atom is 0.0554 e. The van der Waals surface area contributed by atoms with Gasteiger partial charge >= 0.3 is 0 Å². The molecule has 248 valence electrons. The van der Waals surface area contributed by atoms with E-state index in [-0.39, 0.29) is 0 Å². The van der Waals surface area contributed by atoms with Crippen LogP contribution >= 0.6 is 11.3 Å². The molecule has 2 nitrogen and oxygen atoms in total. The highest BCUT2D eigenvalue weighted by atomic mass is 32.1. The van der Waals surface area contributed by atoms with Gasteiger partial charge in [-0.2, -0.15) is 0 Å². The third kappa shape index (κ3) is 4.86. The minimum absolute atomic E-state index is 1.12. The molecule has 53 heavy (non-hydrogen) atoms. The summed E-state index contributed by atoms with van der Waals surface area (Å²) in [6, 6.07) is 71.0. The zero-order valence-corrected chi connectivity index (χ0v) is 29.6. The van der Waals surface area contributed by atoms with Gasteiger partial charge in [-0.05, 0) is 112 Å². The number of para-hydroxylation sites is 1. The van der Waals surface area contributed by atoms with Crippen molar-refractivity contribution in [3.8, 4) is 16.8 Å². The molecule has 2 aromatic heterocycles. The predicted molar refractivity (Wildman–Crippen MR) is 229 cm³/mol. The first kappa shape index (κ1) is 30.0. The molecule has 0 aliphatic rings. The van der Waals surface area contributed by atoms with E-state index in [1.165, 1.54) is 80.3 Å². The number of anilines is 3. The van der Waals surface area contributed by atoms with E-state index in [4.69, 9.17) is 0 Å². The molecule has 2 heterocycles. The maximum atomic E-state index is 2.46. The van der Waals surface area contributed by atoms with Crippen molar-refractivity contribution in [2.24, 2.45) is 0 Å². The summed E-state index contributed by atoms with van der Waals surface area (Å²) in [5.74, 6) is 0. The monoisotopic (exact) mass is 692 g/mol. The van der Waals surface area contributed by atoms with Gasteiger partial charge in [0.1, 0.15) is 0 Å². The summed E-state index contributed by atoms with van der Waals surface area (Å²) >= 11 is 1.87. The second-order valence-corrected chi connectivity index (χ2v) is 14.9. The Balaban J connectivity index is 1.19. The van der Waals surface area contributed by atoms with Crippen LogP contribution in [0.3, 0.4) is 0 Å². The molecule has 0 saturated heterocycles. The van der Waals surface area contributed by atoms with E-state index in [0.29, 0.717) is 0 Å². The summed E-state index contributed by atoms with van der Waals surface area (Å²) in [5, 5.41) is 10.1. The third-order valence-electron chi connectivity index (χ3n) is 10.7. The van der Waals surface area contributed by atoms with Crippen LogP contribution in [-0.2, 0) is 0 Å². The largest absolute Gasteiger partial charge is 0.310 e. The number of hydrogen-bond acceptors (Lipinski definition) is 2. The van der Waals surface area contributed by atoms with Gasteiger partial charge in [0, 0.05) is 48.0 Å². The van der Waals surface area contributed by atoms with Crippen molar-refractivity contribution in [1.82, 2.24) is 4.57 Å². The average Bonchev–Trinajstić information content (AvgIpc) is 3.74. The normalized spacial score (nSPS) is 11.8. The summed E-state index contributed by atoms with van der Waals surface area (Å²) < 4.78 is 5.00. The first-order chi connectivity index (χ1) is 26.3. The van der Waals surface area contributed by atoms with E-state index in [1.54, 1.807) is 0 Å². The van der Waals surface area contributed by atoms with Crippen LogP contribution in [0.2, 0.25) is 0 Å². The Morgan fingerprint density at radius 1 is 0.377 bits per heavy atom. The van der Waals surface area contributed by atoms with Gasteiger partial charge in [-0.25, -0.2) is 0 Å². The summed E-state index contributed by atoms with van der Waals surface area (Å²) in [6.07, 6.45) is 0. The van der Waals surface area contributed by atoms with E-state index in [9.17, 15) is 0 Å². The van der Waals surface area contributed by atoms with Gasteiger partial charge < -0.3 is 9.47 Å². The fourth-order valence-corrected chi connectivity index (χ4v) is 9.38. The molecule has 0 N–H and O–H groups in total. The van der Waals surface area contributed by atoms with Crippen molar-refractivity contribution in [1.29, 1.82) is 0 Å². The Kier molecular flexibility index (Phi) is 6.76. The number of nitrogens with zero attached hydrogens (tertiary/aromatic N) is 2. The van der Waals surface area contributed by atoms with Crippen LogP contribution in [0.5, 0.6) is 0 Å². The molecule has 0 spiro atoms. The predicted octanol–water partition coefficient (Wildman–Crippen LogP) is 14.6. The summed E-state index contributed by atoms with van der Waals surface area (Å²) in [4.78, 5) is 2.46. The van der Waals surface area contributed by atoms with Crippen molar-refractivity contribution in [3.63, 3.8) is 0 Å². The molecule has 11 rings (SSSR count). The van der Waals surface area contributed by atoms with Crippen molar-refractivity contribution < 1.29 is 0 Å². The number of rotatable bonds is 5. The molecule has 0 bridgehead atoms. The van der Waals surface area contributed by atoms with Crippen LogP contribution in [-0.4, -0.2) is 4.57 Å². The Morgan fingerprint density at radius 2 is 0.962 bits per heavy atom. The van der Waals surface area contributed by atoms with Crippen LogP contribution in [0.15, 0.2) is 194 Å². The number of fused-ring (bicyclic) bond motifs is 8. The van der Waals surface area contributed by atoms with Crippen LogP contribution < -0.4 is 4.90 Å². The Hall–Kier alpha value is -6.68. The lowest BCUT2D eigenvalue weighted by Gasteiger charge is -2.27. The summed E-state index contributed by atoms with van der Waals surface area (Å²) in [5.41, 5.74) is 9.39. The number of thiophene rings is 1. The minimum atomic E-state index is 1.12. The molecule has 9 aromatic carbocycles. The molecule has 11 aromatic rings. The molecule has 0 saturated carbocycles. The van der Waals surface area contributed by atoms with Gasteiger partial charge in [0.2, 0.25) is 0 Å². The minimum Gasteiger partial charge on any atom is -0.310 e. The van der Waals surface area contributed by atoms with Crippen LogP contribution in [0.4, 0.5) is 17.1 Å². The van der Waals surface area contributed by atoms with Gasteiger partial charge in [-0.15, -0.1) is 11.3 Å². The third-order valence-corrected chi connectivity index (χ3v) is 11.8. The van der Waals surface area contributed by atoms with Crippen LogP contribution in [0, 0.1) is 0 Å². The Morgan fingerprint density at radius 3 is 1.70 bits per heavy atom. The number of benzene rings is 9. The second kappa shape index (κ2) is 11.9. The summed E-state index contributed by atoms with van der Waals surface area (Å²) in [6.45, 7) is 0. The zero-order valence-electron chi connectivity index (χ0n) is 28.8. The molecular weight excluding hydrogens is 661 g/mol. The first-order valence-electron chi connectivity index (χ1n) is 18.1. The number of hydrogen-bond donors (Lipinski definition) is 0. The number of aromatic nitrogens is 1. The van der Waals surface area contributed by atoms with E-state index < -0.39 is 0 Å². The molecule has 0 radical (unpaired) electrons. The van der Waals surface area contributed by atoms with Crippen LogP contribution in [0.1, 0.15) is 0 Å². The first-order valence-corrected chi connectivity index (χ1v) is 18.9. The summed E-state index contributed by atoms with van der Waals surface area (Å²) in [7, 11) is 0. The maximum absolute atomic E-state index is 2.46. The van der Waals surface area contributed by atoms with Gasteiger partial charge in [0.25, 0.3) is 0 Å². The van der Waals surface area contributed by atoms with E-state index >= 15 is 0 Å². The highest BCUT2D eigenvalue weighted by molar-refractivity contribution is 7.26. The lowest BCUT2D eigenvalue weighted by molar-refractivity contribution is 1.18.